The first-order chi connectivity index (χ1) is 27.4. The summed E-state index contributed by atoms with van der Waals surface area (Å²) >= 11 is 0. The summed E-state index contributed by atoms with van der Waals surface area (Å²) in [6.07, 6.45) is 4.55. The number of nitriles is 1. The molecule has 0 radical (unpaired) electrons. The van der Waals surface area contributed by atoms with Gasteiger partial charge in [-0.05, 0) is 37.4 Å². The first kappa shape index (κ1) is 38.1. The third kappa shape index (κ3) is 8.07. The van der Waals surface area contributed by atoms with E-state index in [2.05, 4.69) is 100 Å². The van der Waals surface area contributed by atoms with Crippen molar-refractivity contribution < 1.29 is 28.1 Å². The van der Waals surface area contributed by atoms with Crippen molar-refractivity contribution in [2.45, 2.75) is 82.2 Å². The van der Waals surface area contributed by atoms with E-state index in [1.54, 1.807) is 18.5 Å². The predicted molar refractivity (Wildman–Crippen MR) is 215 cm³/mol. The molecule has 13 nitrogen and oxygen atoms in total. The number of amides is 1. The Morgan fingerprint density at radius 2 is 1.71 bits per heavy atom. The Bertz CT molecular complexity index is 2100. The van der Waals surface area contributed by atoms with Gasteiger partial charge in [0, 0.05) is 19.0 Å². The fourth-order valence-electron chi connectivity index (χ4n) is 8.02. The van der Waals surface area contributed by atoms with Crippen molar-refractivity contribution in [3.05, 3.63) is 97.3 Å². The molecule has 56 heavy (non-hydrogen) atoms. The number of fused-ring (bicyclic) bond motifs is 2. The van der Waals surface area contributed by atoms with Crippen molar-refractivity contribution >= 4 is 50.0 Å². The van der Waals surface area contributed by atoms with Gasteiger partial charge in [-0.25, -0.2) is 9.65 Å². The molecule has 5 heterocycles. The monoisotopic (exact) mass is 791 g/mol. The highest BCUT2D eigenvalue weighted by molar-refractivity contribution is 7.45. The molecule has 1 amide bonds. The number of nitrogens with zero attached hydrogens (tertiary/aromatic N) is 6. The number of ether oxygens (including phenoxy) is 3. The maximum absolute atomic E-state index is 12.9. The molecule has 3 saturated heterocycles. The molecular weight excluding hydrogens is 746 g/mol. The summed E-state index contributed by atoms with van der Waals surface area (Å²) in [4.78, 5) is 26.6. The fourth-order valence-corrected chi connectivity index (χ4v) is 14.0. The molecule has 3 fully saturated rings. The summed E-state index contributed by atoms with van der Waals surface area (Å²) in [6, 6.07) is 34.4. The van der Waals surface area contributed by atoms with Gasteiger partial charge in [0.05, 0.1) is 37.1 Å². The number of anilines is 1. The van der Waals surface area contributed by atoms with Crippen molar-refractivity contribution in [2.75, 3.05) is 25.1 Å². The van der Waals surface area contributed by atoms with Crippen LogP contribution in [0.25, 0.3) is 11.2 Å². The molecule has 3 aromatic carbocycles. The van der Waals surface area contributed by atoms with Crippen molar-refractivity contribution in [3.63, 3.8) is 0 Å². The molecule has 3 aliphatic heterocycles. The van der Waals surface area contributed by atoms with Crippen molar-refractivity contribution in [1.82, 2.24) is 24.2 Å². The van der Waals surface area contributed by atoms with Gasteiger partial charge in [0.2, 0.25) is 11.8 Å². The number of carbonyl (C=O) groups is 1. The number of benzene rings is 3. The van der Waals surface area contributed by atoms with E-state index in [1.807, 2.05) is 22.8 Å². The molecule has 0 spiro atoms. The zero-order chi connectivity index (χ0) is 38.5. The quantitative estimate of drug-likeness (QED) is 0.0735. The lowest BCUT2D eigenvalue weighted by Crippen LogP contribution is -2.58. The van der Waals surface area contributed by atoms with E-state index in [4.69, 9.17) is 33.5 Å². The average Bonchev–Trinajstić information content (AvgIpc) is 4.04. The summed E-state index contributed by atoms with van der Waals surface area (Å²) < 4.78 is 36.4. The van der Waals surface area contributed by atoms with E-state index in [0.29, 0.717) is 29.4 Å². The average molecular weight is 792 g/mol. The van der Waals surface area contributed by atoms with Crippen LogP contribution in [0, 0.1) is 11.3 Å². The Kier molecular flexibility index (Phi) is 11.7. The van der Waals surface area contributed by atoms with Gasteiger partial charge in [-0.3, -0.25) is 14.7 Å². The van der Waals surface area contributed by atoms with E-state index in [9.17, 15) is 4.79 Å². The second-order valence-electron chi connectivity index (χ2n) is 14.5. The number of rotatable bonds is 15. The first-order valence-corrected chi connectivity index (χ1v) is 23.2. The third-order valence-electron chi connectivity index (χ3n) is 10.9. The Hall–Kier alpha value is -4.74. The molecule has 290 valence electrons. The SMILES string of the molecule is CC[C@H]1O[C@@H](n2cnc3c(OCCC#N)nc(NC(=O)COc4ccccc4)nc32)C[C@H]1O[P@]1O[C@H](C[Si](C)(c2ccccc2)c2ccccc2)[C@@H]2CCCN21. The topological polar surface area (TPSA) is 146 Å². The van der Waals surface area contributed by atoms with Gasteiger partial charge >= 0.3 is 0 Å². The van der Waals surface area contributed by atoms with Crippen LogP contribution in [0.1, 0.15) is 45.3 Å². The van der Waals surface area contributed by atoms with Crippen LogP contribution in [0.4, 0.5) is 5.95 Å². The number of imidazole rings is 1. The van der Waals surface area contributed by atoms with Gasteiger partial charge in [-0.15, -0.1) is 0 Å². The number of carbonyl (C=O) groups excluding carboxylic acids is 1. The number of hydrogen-bond acceptors (Lipinski definition) is 11. The molecule has 2 aromatic heterocycles. The van der Waals surface area contributed by atoms with Crippen molar-refractivity contribution in [1.29, 1.82) is 5.26 Å². The van der Waals surface area contributed by atoms with Crippen LogP contribution in [-0.4, -0.2) is 82.3 Å². The minimum Gasteiger partial charge on any atom is -0.484 e. The van der Waals surface area contributed by atoms with Crippen LogP contribution in [0.3, 0.4) is 0 Å². The second-order valence-corrected chi connectivity index (χ2v) is 20.2. The largest absolute Gasteiger partial charge is 0.484 e. The van der Waals surface area contributed by atoms with Gasteiger partial charge in [0.1, 0.15) is 26.7 Å². The van der Waals surface area contributed by atoms with Crippen LogP contribution in [-0.2, 0) is 18.6 Å². The normalized spacial score (nSPS) is 23.5. The number of para-hydroxylation sites is 1. The van der Waals surface area contributed by atoms with E-state index < -0.39 is 28.7 Å². The fraction of sp³-hybridized carbons (Fsp3) is 0.390. The van der Waals surface area contributed by atoms with Crippen LogP contribution in [0.15, 0.2) is 97.3 Å². The Labute approximate surface area is 328 Å². The number of aromatic nitrogens is 4. The van der Waals surface area contributed by atoms with Crippen molar-refractivity contribution in [3.8, 4) is 17.7 Å². The third-order valence-corrected chi connectivity index (χ3v) is 17.1. The standard InChI is InChI=1S/C41H46N7O6PSi/c1-3-33-34(53-55-48-23-13-21-32(48)35(54-55)27-56(2,30-17-9-5-10-18-30)31-19-11-6-12-20-31)25-37(52-33)47-28-43-38-39(47)45-41(46-40(38)50-24-14-22-42)44-36(49)26-51-29-15-7-4-8-16-29/h4-12,15-20,28,32-35,37H,3,13-14,21,23-27H2,1-2H3,(H,44,45,46,49)/t32-,33+,34+,35+,37+,55+/m0/s1. The maximum Gasteiger partial charge on any atom is 0.264 e. The molecule has 0 saturated carbocycles. The Morgan fingerprint density at radius 1 is 1.00 bits per heavy atom. The lowest BCUT2D eigenvalue weighted by molar-refractivity contribution is -0.118. The Balaban J connectivity index is 1.00. The second kappa shape index (κ2) is 17.2. The van der Waals surface area contributed by atoms with Gasteiger partial charge in [-0.1, -0.05) is 103 Å². The lowest BCUT2D eigenvalue weighted by Gasteiger charge is -2.32. The van der Waals surface area contributed by atoms with Crippen LogP contribution in [0.5, 0.6) is 11.6 Å². The zero-order valence-corrected chi connectivity index (χ0v) is 33.5. The molecule has 5 aromatic rings. The summed E-state index contributed by atoms with van der Waals surface area (Å²) in [7, 11) is -3.45. The molecule has 3 aliphatic rings. The summed E-state index contributed by atoms with van der Waals surface area (Å²) in [6.45, 7) is 5.40. The van der Waals surface area contributed by atoms with Gasteiger partial charge in [0.25, 0.3) is 14.4 Å². The van der Waals surface area contributed by atoms with Crippen LogP contribution in [0.2, 0.25) is 12.6 Å². The molecule has 0 aliphatic carbocycles. The molecule has 1 N–H and O–H groups in total. The molecule has 0 bridgehead atoms. The highest BCUT2D eigenvalue weighted by atomic mass is 31.2. The lowest BCUT2D eigenvalue weighted by atomic mass is 10.1. The highest BCUT2D eigenvalue weighted by Crippen LogP contribution is 2.59. The minimum atomic E-state index is -2.15. The van der Waals surface area contributed by atoms with Gasteiger partial charge < -0.3 is 23.3 Å². The molecular formula is C41H46N7O6PSi. The molecule has 6 atom stereocenters. The minimum absolute atomic E-state index is 0.0289. The van der Waals surface area contributed by atoms with E-state index in [1.165, 1.54) is 10.4 Å². The molecule has 15 heteroatoms. The van der Waals surface area contributed by atoms with E-state index >= 15 is 0 Å². The zero-order valence-electron chi connectivity index (χ0n) is 31.6. The molecule has 8 rings (SSSR count). The van der Waals surface area contributed by atoms with Gasteiger partial charge in [-0.2, -0.15) is 15.2 Å². The summed E-state index contributed by atoms with van der Waals surface area (Å²) in [5.74, 6) is 0.322. The molecule has 0 unspecified atom stereocenters. The van der Waals surface area contributed by atoms with E-state index in [-0.39, 0.29) is 49.8 Å². The predicted octanol–water partition coefficient (Wildman–Crippen LogP) is 6.20. The number of hydrogen-bond donors (Lipinski definition) is 1. The smallest absolute Gasteiger partial charge is 0.264 e. The highest BCUT2D eigenvalue weighted by Gasteiger charge is 2.51. The van der Waals surface area contributed by atoms with Crippen molar-refractivity contribution in [2.24, 2.45) is 0 Å². The first-order valence-electron chi connectivity index (χ1n) is 19.3. The summed E-state index contributed by atoms with van der Waals surface area (Å²) in [5, 5.41) is 14.7. The van der Waals surface area contributed by atoms with Crippen LogP contribution >= 0.6 is 8.53 Å². The summed E-state index contributed by atoms with van der Waals surface area (Å²) in [5.41, 5.74) is 0.832. The van der Waals surface area contributed by atoms with Gasteiger partial charge in [0.15, 0.2) is 17.8 Å². The maximum atomic E-state index is 12.9. The van der Waals surface area contributed by atoms with Crippen LogP contribution < -0.4 is 25.2 Å². The van der Waals surface area contributed by atoms with E-state index in [0.717, 1.165) is 31.9 Å². The number of nitrogens with one attached hydrogen (secondary N) is 1. The Morgan fingerprint density at radius 3 is 2.41 bits per heavy atom.